The highest BCUT2D eigenvalue weighted by Gasteiger charge is 2.42. The normalized spacial score (nSPS) is 14.2. The van der Waals surface area contributed by atoms with Crippen LogP contribution in [0.25, 0.3) is 0 Å². The first kappa shape index (κ1) is 17.1. The maximum atomic E-state index is 12.5. The van der Waals surface area contributed by atoms with Crippen LogP contribution in [-0.2, 0) is 14.4 Å². The van der Waals surface area contributed by atoms with Crippen LogP contribution in [-0.4, -0.2) is 52.6 Å². The van der Waals surface area contributed by atoms with Gasteiger partial charge in [-0.1, -0.05) is 0 Å². The molecule has 0 saturated heterocycles. The van der Waals surface area contributed by atoms with Crippen molar-refractivity contribution >= 4 is 35.7 Å². The van der Waals surface area contributed by atoms with E-state index in [4.69, 9.17) is 10.8 Å². The molecule has 0 fully saturated rings. The summed E-state index contributed by atoms with van der Waals surface area (Å²) in [6.45, 7) is -0.353. The number of benzene rings is 1. The van der Waals surface area contributed by atoms with Crippen LogP contribution in [0.15, 0.2) is 18.2 Å². The number of carboxylic acids is 1. The number of amides is 3. The molecule has 0 saturated carbocycles. The second kappa shape index (κ2) is 6.90. The van der Waals surface area contributed by atoms with Gasteiger partial charge < -0.3 is 21.0 Å². The number of nitrogens with two attached hydrogens (primary N) is 1. The van der Waals surface area contributed by atoms with Gasteiger partial charge in [-0.15, -0.1) is 0 Å². The van der Waals surface area contributed by atoms with Gasteiger partial charge in [-0.25, -0.2) is 0 Å². The molecule has 1 atom stereocenters. The lowest BCUT2D eigenvalue weighted by atomic mass is 10.1. The fourth-order valence-corrected chi connectivity index (χ4v) is 2.45. The first-order valence-corrected chi connectivity index (χ1v) is 7.07. The smallest absolute Gasteiger partial charge is 0.322 e. The molecule has 1 aromatic rings. The predicted molar refractivity (Wildman–Crippen MR) is 81.3 cm³/mol. The molecule has 24 heavy (non-hydrogen) atoms. The number of hydrogen-bond acceptors (Lipinski definition) is 6. The number of primary amides is 1. The molecule has 9 heteroatoms. The molecule has 1 aromatic carbocycles. The van der Waals surface area contributed by atoms with Crippen LogP contribution in [0.5, 0.6) is 0 Å². The molecule has 0 aliphatic carbocycles. The Kier molecular flexibility index (Phi) is 4.93. The Bertz CT molecular complexity index is 730. The minimum atomic E-state index is -1.21. The molecule has 4 N–H and O–H groups in total. The number of imide groups is 1. The largest absolute Gasteiger partial charge is 0.480 e. The van der Waals surface area contributed by atoms with Crippen molar-refractivity contribution < 1.29 is 29.1 Å². The number of nitrogens with zero attached hydrogens (tertiary/aromatic N) is 1. The highest BCUT2D eigenvalue weighted by Crippen LogP contribution is 2.28. The standard InChI is InChI=1S/C15H15N3O6/c16-13(22)11(2-1-5-19)18-14(23)9-4-3-8(17-7-12(20)21)6-10(9)15(18)24/h3-6,11,17H,1-2,7H2,(H2,16,22)(H,20,21). The van der Waals surface area contributed by atoms with Crippen LogP contribution in [0.1, 0.15) is 33.6 Å². The van der Waals surface area contributed by atoms with E-state index >= 15 is 0 Å². The van der Waals surface area contributed by atoms with Crippen molar-refractivity contribution in [1.29, 1.82) is 0 Å². The highest BCUT2D eigenvalue weighted by molar-refractivity contribution is 6.23. The van der Waals surface area contributed by atoms with E-state index < -0.39 is 29.7 Å². The number of carbonyl (C=O) groups excluding carboxylic acids is 4. The lowest BCUT2D eigenvalue weighted by Crippen LogP contribution is -2.47. The van der Waals surface area contributed by atoms with E-state index in [-0.39, 0.29) is 30.5 Å². The lowest BCUT2D eigenvalue weighted by molar-refractivity contribution is -0.135. The quantitative estimate of drug-likeness (QED) is 0.433. The first-order chi connectivity index (χ1) is 11.4. The Morgan fingerprint density at radius 1 is 1.25 bits per heavy atom. The minimum Gasteiger partial charge on any atom is -0.480 e. The van der Waals surface area contributed by atoms with Gasteiger partial charge in [-0.2, -0.15) is 0 Å². The average molecular weight is 333 g/mol. The molecule has 0 aromatic heterocycles. The van der Waals surface area contributed by atoms with Crippen LogP contribution in [0.2, 0.25) is 0 Å². The number of carboxylic acid groups (broad SMARTS) is 1. The number of rotatable bonds is 8. The maximum absolute atomic E-state index is 12.5. The third-order valence-corrected chi connectivity index (χ3v) is 3.56. The Hall–Kier alpha value is -3.23. The van der Waals surface area contributed by atoms with Gasteiger partial charge in [-0.3, -0.25) is 24.1 Å². The van der Waals surface area contributed by atoms with Crippen LogP contribution < -0.4 is 11.1 Å². The number of aliphatic carboxylic acids is 1. The maximum Gasteiger partial charge on any atom is 0.322 e. The van der Waals surface area contributed by atoms with E-state index in [1.807, 2.05) is 0 Å². The van der Waals surface area contributed by atoms with Crippen molar-refractivity contribution in [3.05, 3.63) is 29.3 Å². The summed E-state index contributed by atoms with van der Waals surface area (Å²) < 4.78 is 0. The third kappa shape index (κ3) is 3.24. The van der Waals surface area contributed by atoms with Gasteiger partial charge in [0.15, 0.2) is 0 Å². The van der Waals surface area contributed by atoms with Gasteiger partial charge in [0.2, 0.25) is 5.91 Å². The summed E-state index contributed by atoms with van der Waals surface area (Å²) in [5.74, 6) is -3.34. The Labute approximate surface area is 136 Å². The molecular weight excluding hydrogens is 318 g/mol. The SMILES string of the molecule is NC(=O)C(CCC=O)N1C(=O)c2ccc(NCC(=O)O)cc2C1=O. The molecule has 2 rings (SSSR count). The summed E-state index contributed by atoms with van der Waals surface area (Å²) in [6.07, 6.45) is 0.503. The molecule has 1 heterocycles. The summed E-state index contributed by atoms with van der Waals surface area (Å²) in [4.78, 5) is 58.2. The number of anilines is 1. The second-order valence-corrected chi connectivity index (χ2v) is 5.15. The summed E-state index contributed by atoms with van der Waals surface area (Å²) >= 11 is 0. The Morgan fingerprint density at radius 2 is 1.92 bits per heavy atom. The van der Waals surface area contributed by atoms with Gasteiger partial charge in [0.25, 0.3) is 11.8 Å². The van der Waals surface area contributed by atoms with Gasteiger partial charge in [0, 0.05) is 12.1 Å². The highest BCUT2D eigenvalue weighted by atomic mass is 16.4. The van der Waals surface area contributed by atoms with E-state index in [1.54, 1.807) is 0 Å². The lowest BCUT2D eigenvalue weighted by Gasteiger charge is -2.22. The number of fused-ring (bicyclic) bond motifs is 1. The van der Waals surface area contributed by atoms with Crippen molar-refractivity contribution in [2.75, 3.05) is 11.9 Å². The summed E-state index contributed by atoms with van der Waals surface area (Å²) in [5.41, 5.74) is 5.74. The number of hydrogen-bond donors (Lipinski definition) is 3. The number of aldehydes is 1. The predicted octanol–water partition coefficient (Wildman–Crippen LogP) is -0.388. The molecule has 1 aliphatic heterocycles. The zero-order valence-electron chi connectivity index (χ0n) is 12.5. The van der Waals surface area contributed by atoms with Gasteiger partial charge in [0.1, 0.15) is 18.9 Å². The van der Waals surface area contributed by atoms with E-state index in [0.29, 0.717) is 12.0 Å². The topological polar surface area (TPSA) is 147 Å². The number of nitrogens with one attached hydrogen (secondary N) is 1. The Morgan fingerprint density at radius 3 is 2.50 bits per heavy atom. The van der Waals surface area contributed by atoms with Crippen LogP contribution in [0.3, 0.4) is 0 Å². The summed E-state index contributed by atoms with van der Waals surface area (Å²) in [7, 11) is 0. The van der Waals surface area contributed by atoms with Crippen LogP contribution in [0, 0.1) is 0 Å². The van der Waals surface area contributed by atoms with E-state index in [9.17, 15) is 24.0 Å². The molecular formula is C15H15N3O6. The van der Waals surface area contributed by atoms with E-state index in [0.717, 1.165) is 4.90 Å². The van der Waals surface area contributed by atoms with Crippen molar-refractivity contribution in [3.8, 4) is 0 Å². The molecule has 1 aliphatic rings. The molecule has 0 bridgehead atoms. The monoisotopic (exact) mass is 333 g/mol. The fraction of sp³-hybridized carbons (Fsp3) is 0.267. The minimum absolute atomic E-state index is 0.0214. The molecule has 1 unspecified atom stereocenters. The number of carbonyl (C=O) groups is 5. The fourth-order valence-electron chi connectivity index (χ4n) is 2.45. The summed E-state index contributed by atoms with van der Waals surface area (Å²) in [5, 5.41) is 11.2. The molecule has 3 amide bonds. The molecule has 0 radical (unpaired) electrons. The van der Waals surface area contributed by atoms with Crippen molar-refractivity contribution in [2.45, 2.75) is 18.9 Å². The van der Waals surface area contributed by atoms with E-state index in [2.05, 4.69) is 5.32 Å². The molecule has 126 valence electrons. The van der Waals surface area contributed by atoms with Crippen molar-refractivity contribution in [3.63, 3.8) is 0 Å². The zero-order chi connectivity index (χ0) is 17.9. The van der Waals surface area contributed by atoms with Crippen molar-refractivity contribution in [2.24, 2.45) is 5.73 Å². The van der Waals surface area contributed by atoms with Gasteiger partial charge in [-0.05, 0) is 24.6 Å². The Balaban J connectivity index is 2.30. The first-order valence-electron chi connectivity index (χ1n) is 7.07. The second-order valence-electron chi connectivity index (χ2n) is 5.15. The van der Waals surface area contributed by atoms with Crippen LogP contribution >= 0.6 is 0 Å². The zero-order valence-corrected chi connectivity index (χ0v) is 12.5. The average Bonchev–Trinajstić information content (AvgIpc) is 2.78. The van der Waals surface area contributed by atoms with Crippen molar-refractivity contribution in [1.82, 2.24) is 4.90 Å². The molecule has 0 spiro atoms. The van der Waals surface area contributed by atoms with Crippen LogP contribution in [0.4, 0.5) is 5.69 Å². The van der Waals surface area contributed by atoms with Gasteiger partial charge >= 0.3 is 5.97 Å². The summed E-state index contributed by atoms with van der Waals surface area (Å²) in [6, 6.07) is 2.97. The van der Waals surface area contributed by atoms with E-state index in [1.165, 1.54) is 18.2 Å². The van der Waals surface area contributed by atoms with Gasteiger partial charge in [0.05, 0.1) is 11.1 Å². The molecule has 9 nitrogen and oxygen atoms in total. The third-order valence-electron chi connectivity index (χ3n) is 3.56.